The van der Waals surface area contributed by atoms with Crippen molar-refractivity contribution >= 4 is 21.6 Å². The van der Waals surface area contributed by atoms with E-state index in [2.05, 4.69) is 4.72 Å². The molecule has 1 aliphatic heterocycles. The van der Waals surface area contributed by atoms with Crippen LogP contribution in [-0.2, 0) is 14.8 Å². The molecule has 0 aromatic heterocycles. The minimum atomic E-state index is -4.09. The fraction of sp³-hybridized carbons (Fsp3) is 0.188. The van der Waals surface area contributed by atoms with Crippen LogP contribution < -0.4 is 9.62 Å². The number of carbonyl (C=O) groups is 1. The molecular weight excluding hydrogens is 338 g/mol. The van der Waals surface area contributed by atoms with Gasteiger partial charge in [-0.3, -0.25) is 4.79 Å². The largest absolute Gasteiger partial charge is 0.311 e. The topological polar surface area (TPSA) is 66.5 Å². The van der Waals surface area contributed by atoms with Crippen LogP contribution in [-0.4, -0.2) is 26.9 Å². The number of sulfonamides is 1. The number of carbonyl (C=O) groups excluding carboxylic acids is 1. The van der Waals surface area contributed by atoms with E-state index in [9.17, 15) is 22.0 Å². The summed E-state index contributed by atoms with van der Waals surface area (Å²) < 4.78 is 53.9. The van der Waals surface area contributed by atoms with Crippen LogP contribution in [0.25, 0.3) is 0 Å². The van der Waals surface area contributed by atoms with Crippen molar-refractivity contribution in [2.75, 3.05) is 11.4 Å². The van der Waals surface area contributed by atoms with Crippen molar-refractivity contribution in [1.29, 1.82) is 0 Å². The van der Waals surface area contributed by atoms with Crippen molar-refractivity contribution < 1.29 is 22.0 Å². The third kappa shape index (κ3) is 3.29. The zero-order valence-corrected chi connectivity index (χ0v) is 13.3. The summed E-state index contributed by atoms with van der Waals surface area (Å²) >= 11 is 0. The molecule has 1 aliphatic rings. The Morgan fingerprint density at radius 3 is 2.54 bits per heavy atom. The molecule has 0 spiro atoms. The molecule has 0 bridgehead atoms. The standard InChI is InChI=1S/C16H14F2N2O3S/c17-11-4-3-5-13(8-11)20-10-12(9-16(20)21)19-24(22,23)15-7-2-1-6-14(15)18/h1-8,12,19H,9-10H2/t12-/m0/s1. The van der Waals surface area contributed by atoms with Gasteiger partial charge in [0, 0.05) is 24.7 Å². The number of nitrogens with one attached hydrogen (secondary N) is 1. The molecule has 1 atom stereocenters. The van der Waals surface area contributed by atoms with Crippen LogP contribution in [0.1, 0.15) is 6.42 Å². The molecule has 5 nitrogen and oxygen atoms in total. The van der Waals surface area contributed by atoms with Crippen LogP contribution in [0.4, 0.5) is 14.5 Å². The molecule has 0 unspecified atom stereocenters. The van der Waals surface area contributed by atoms with Crippen molar-refractivity contribution in [2.24, 2.45) is 0 Å². The molecule has 0 saturated carbocycles. The van der Waals surface area contributed by atoms with Gasteiger partial charge in [-0.25, -0.2) is 21.9 Å². The summed E-state index contributed by atoms with van der Waals surface area (Å²) in [6.07, 6.45) is -0.0792. The van der Waals surface area contributed by atoms with Gasteiger partial charge in [0.1, 0.15) is 16.5 Å². The van der Waals surface area contributed by atoms with E-state index in [0.29, 0.717) is 5.69 Å². The summed E-state index contributed by atoms with van der Waals surface area (Å²) in [6, 6.07) is 9.77. The molecular formula is C16H14F2N2O3S. The highest BCUT2D eigenvalue weighted by Gasteiger charge is 2.34. The highest BCUT2D eigenvalue weighted by Crippen LogP contribution is 2.23. The number of anilines is 1. The van der Waals surface area contributed by atoms with Gasteiger partial charge in [0.25, 0.3) is 0 Å². The van der Waals surface area contributed by atoms with E-state index in [-0.39, 0.29) is 18.9 Å². The molecule has 8 heteroatoms. The normalized spacial score (nSPS) is 18.2. The van der Waals surface area contributed by atoms with Crippen molar-refractivity contribution in [3.63, 3.8) is 0 Å². The fourth-order valence-electron chi connectivity index (χ4n) is 2.63. The number of benzene rings is 2. The average Bonchev–Trinajstić information content (AvgIpc) is 2.87. The second kappa shape index (κ2) is 6.29. The predicted molar refractivity (Wildman–Crippen MR) is 83.9 cm³/mol. The van der Waals surface area contributed by atoms with E-state index in [1.165, 1.54) is 35.2 Å². The number of hydrogen-bond donors (Lipinski definition) is 1. The van der Waals surface area contributed by atoms with Crippen molar-refractivity contribution in [1.82, 2.24) is 4.72 Å². The second-order valence-corrected chi connectivity index (χ2v) is 7.12. The first kappa shape index (κ1) is 16.5. The lowest BCUT2D eigenvalue weighted by molar-refractivity contribution is -0.117. The van der Waals surface area contributed by atoms with Gasteiger partial charge in [-0.05, 0) is 30.3 Å². The Hall–Kier alpha value is -2.32. The molecule has 3 rings (SSSR count). The van der Waals surface area contributed by atoms with Crippen LogP contribution >= 0.6 is 0 Å². The van der Waals surface area contributed by atoms with Crippen molar-refractivity contribution in [3.8, 4) is 0 Å². The smallest absolute Gasteiger partial charge is 0.243 e. The predicted octanol–water partition coefficient (Wildman–Crippen LogP) is 2.05. The quantitative estimate of drug-likeness (QED) is 0.916. The van der Waals surface area contributed by atoms with Gasteiger partial charge in [-0.15, -0.1) is 0 Å². The summed E-state index contributed by atoms with van der Waals surface area (Å²) in [5.41, 5.74) is 0.354. The SMILES string of the molecule is O=C1C[C@H](NS(=O)(=O)c2ccccc2F)CN1c1cccc(F)c1. The minimum absolute atomic E-state index is 0.0516. The molecule has 2 aromatic carbocycles. The Morgan fingerprint density at radius 1 is 1.08 bits per heavy atom. The summed E-state index contributed by atoms with van der Waals surface area (Å²) in [5, 5.41) is 0. The number of amides is 1. The summed E-state index contributed by atoms with van der Waals surface area (Å²) in [4.78, 5) is 12.9. The maximum Gasteiger partial charge on any atom is 0.243 e. The average molecular weight is 352 g/mol. The maximum atomic E-state index is 13.7. The Balaban J connectivity index is 1.78. The molecule has 1 amide bonds. The summed E-state index contributed by atoms with van der Waals surface area (Å²) in [7, 11) is -4.09. The van der Waals surface area contributed by atoms with Gasteiger partial charge >= 0.3 is 0 Å². The molecule has 1 fully saturated rings. The van der Waals surface area contributed by atoms with Crippen LogP contribution in [0, 0.1) is 11.6 Å². The summed E-state index contributed by atoms with van der Waals surface area (Å²) in [5.74, 6) is -1.69. The van der Waals surface area contributed by atoms with E-state index < -0.39 is 32.6 Å². The lowest BCUT2D eigenvalue weighted by Crippen LogP contribution is -2.37. The minimum Gasteiger partial charge on any atom is -0.311 e. The number of hydrogen-bond acceptors (Lipinski definition) is 3. The second-order valence-electron chi connectivity index (χ2n) is 5.44. The molecule has 1 saturated heterocycles. The van der Waals surface area contributed by atoms with Gasteiger partial charge in [0.05, 0.1) is 0 Å². The number of halogens is 2. The Bertz CT molecular complexity index is 886. The molecule has 2 aromatic rings. The zero-order valence-electron chi connectivity index (χ0n) is 12.4. The van der Waals surface area contributed by atoms with E-state index in [4.69, 9.17) is 0 Å². The van der Waals surface area contributed by atoms with Crippen molar-refractivity contribution in [3.05, 3.63) is 60.2 Å². The van der Waals surface area contributed by atoms with Crippen molar-refractivity contribution in [2.45, 2.75) is 17.4 Å². The molecule has 1 N–H and O–H groups in total. The molecule has 24 heavy (non-hydrogen) atoms. The monoisotopic (exact) mass is 352 g/mol. The number of nitrogens with zero attached hydrogens (tertiary/aromatic N) is 1. The number of rotatable bonds is 4. The first-order chi connectivity index (χ1) is 11.4. The first-order valence-corrected chi connectivity index (χ1v) is 8.68. The fourth-order valence-corrected chi connectivity index (χ4v) is 3.93. The third-order valence-electron chi connectivity index (χ3n) is 3.69. The Kier molecular flexibility index (Phi) is 4.33. The van der Waals surface area contributed by atoms with Gasteiger partial charge in [-0.1, -0.05) is 18.2 Å². The van der Waals surface area contributed by atoms with E-state index >= 15 is 0 Å². The summed E-state index contributed by atoms with van der Waals surface area (Å²) in [6.45, 7) is 0.0516. The zero-order chi connectivity index (χ0) is 17.3. The van der Waals surface area contributed by atoms with E-state index in [1.807, 2.05) is 0 Å². The third-order valence-corrected chi connectivity index (χ3v) is 5.25. The lowest BCUT2D eigenvalue weighted by Gasteiger charge is -2.17. The van der Waals surface area contributed by atoms with Gasteiger partial charge < -0.3 is 4.90 Å². The maximum absolute atomic E-state index is 13.7. The Labute approximate surface area is 138 Å². The van der Waals surface area contributed by atoms with E-state index in [1.54, 1.807) is 6.07 Å². The molecule has 0 aliphatic carbocycles. The highest BCUT2D eigenvalue weighted by molar-refractivity contribution is 7.89. The van der Waals surface area contributed by atoms with Crippen LogP contribution in [0.2, 0.25) is 0 Å². The molecule has 1 heterocycles. The van der Waals surface area contributed by atoms with Gasteiger partial charge in [0.15, 0.2) is 0 Å². The van der Waals surface area contributed by atoms with Gasteiger partial charge in [0.2, 0.25) is 15.9 Å². The highest BCUT2D eigenvalue weighted by atomic mass is 32.2. The van der Waals surface area contributed by atoms with Crippen LogP contribution in [0.5, 0.6) is 0 Å². The van der Waals surface area contributed by atoms with E-state index in [0.717, 1.165) is 12.1 Å². The molecule has 0 radical (unpaired) electrons. The van der Waals surface area contributed by atoms with Gasteiger partial charge in [-0.2, -0.15) is 0 Å². The van der Waals surface area contributed by atoms with Crippen LogP contribution in [0.15, 0.2) is 53.4 Å². The Morgan fingerprint density at radius 2 is 1.83 bits per heavy atom. The molecule has 126 valence electrons. The first-order valence-electron chi connectivity index (χ1n) is 7.19. The van der Waals surface area contributed by atoms with Crippen LogP contribution in [0.3, 0.4) is 0 Å². The lowest BCUT2D eigenvalue weighted by atomic mass is 10.3.